The topological polar surface area (TPSA) is 119 Å². The van der Waals surface area contributed by atoms with Gasteiger partial charge in [0.1, 0.15) is 23.8 Å². The van der Waals surface area contributed by atoms with Crippen molar-refractivity contribution in [1.29, 1.82) is 0 Å². The number of aryl methyl sites for hydroxylation is 1. The summed E-state index contributed by atoms with van der Waals surface area (Å²) in [5.41, 5.74) is 0.207. The van der Waals surface area contributed by atoms with Crippen molar-refractivity contribution >= 4 is 16.0 Å². The summed E-state index contributed by atoms with van der Waals surface area (Å²) in [6.07, 6.45) is 0.733. The highest BCUT2D eigenvalue weighted by Crippen LogP contribution is 2.34. The Bertz CT molecular complexity index is 1060. The van der Waals surface area contributed by atoms with Crippen molar-refractivity contribution in [2.24, 2.45) is 5.90 Å². The number of ether oxygens (including phenoxy) is 1. The Balaban J connectivity index is 1.79. The van der Waals surface area contributed by atoms with Gasteiger partial charge in [-0.1, -0.05) is 6.07 Å². The minimum atomic E-state index is -4.11. The van der Waals surface area contributed by atoms with Crippen LogP contribution in [0.5, 0.6) is 5.75 Å². The lowest BCUT2D eigenvalue weighted by Crippen LogP contribution is -2.62. The minimum Gasteiger partial charge on any atom is -0.489 e. The quantitative estimate of drug-likeness (QED) is 0.620. The van der Waals surface area contributed by atoms with E-state index >= 15 is 0 Å². The first-order valence-electron chi connectivity index (χ1n) is 9.69. The molecule has 31 heavy (non-hydrogen) atoms. The molecule has 3 rings (SSSR count). The molecule has 2 aromatic carbocycles. The maximum atomic E-state index is 13.2. The van der Waals surface area contributed by atoms with Crippen molar-refractivity contribution < 1.29 is 32.3 Å². The van der Waals surface area contributed by atoms with E-state index in [9.17, 15) is 22.7 Å². The number of rotatable bonds is 7. The van der Waals surface area contributed by atoms with Crippen LogP contribution in [0.2, 0.25) is 0 Å². The highest BCUT2D eigenvalue weighted by Gasteiger charge is 2.51. The van der Waals surface area contributed by atoms with Crippen LogP contribution in [0.3, 0.4) is 0 Å². The van der Waals surface area contributed by atoms with Gasteiger partial charge in [-0.2, -0.15) is 4.31 Å². The van der Waals surface area contributed by atoms with Crippen molar-refractivity contribution in [2.75, 3.05) is 6.54 Å². The van der Waals surface area contributed by atoms with Gasteiger partial charge < -0.3 is 9.84 Å². The number of nitrogens with two attached hydrogens (primary N) is 1. The molecule has 3 N–H and O–H groups in total. The Kier molecular flexibility index (Phi) is 6.65. The third kappa shape index (κ3) is 4.72. The Hall–Kier alpha value is -2.53. The number of benzene rings is 2. The largest absolute Gasteiger partial charge is 0.489 e. The van der Waals surface area contributed by atoms with Crippen LogP contribution in [0, 0.1) is 12.7 Å². The monoisotopic (exact) mass is 452 g/mol. The number of carbonyl (C=O) groups is 1. The van der Waals surface area contributed by atoms with Gasteiger partial charge >= 0.3 is 5.97 Å². The van der Waals surface area contributed by atoms with E-state index in [4.69, 9.17) is 15.5 Å². The van der Waals surface area contributed by atoms with Crippen molar-refractivity contribution in [3.05, 3.63) is 59.4 Å². The molecular formula is C21H25FN2O6S. The smallest absolute Gasteiger partial charge is 0.325 e. The average molecular weight is 453 g/mol. The molecule has 1 saturated heterocycles. The molecule has 2 aromatic rings. The van der Waals surface area contributed by atoms with Crippen LogP contribution in [-0.2, 0) is 26.3 Å². The number of piperidine rings is 1. The van der Waals surface area contributed by atoms with Crippen molar-refractivity contribution in [3.63, 3.8) is 0 Å². The number of halogens is 1. The van der Waals surface area contributed by atoms with Gasteiger partial charge in [0, 0.05) is 6.54 Å². The highest BCUT2D eigenvalue weighted by atomic mass is 32.2. The van der Waals surface area contributed by atoms with Crippen LogP contribution in [0.4, 0.5) is 4.39 Å². The van der Waals surface area contributed by atoms with Gasteiger partial charge in [0.05, 0.1) is 4.90 Å². The lowest BCUT2D eigenvalue weighted by Gasteiger charge is -2.43. The Morgan fingerprint density at radius 2 is 1.97 bits per heavy atom. The molecule has 0 radical (unpaired) electrons. The van der Waals surface area contributed by atoms with E-state index in [2.05, 4.69) is 0 Å². The molecule has 2 atom stereocenters. The zero-order valence-corrected chi connectivity index (χ0v) is 18.1. The normalized spacial score (nSPS) is 22.3. The highest BCUT2D eigenvalue weighted by molar-refractivity contribution is 7.89. The molecule has 1 aliphatic rings. The van der Waals surface area contributed by atoms with Crippen LogP contribution in [0.1, 0.15) is 30.9 Å². The maximum Gasteiger partial charge on any atom is 0.325 e. The lowest BCUT2D eigenvalue weighted by atomic mass is 9.87. The Morgan fingerprint density at radius 1 is 1.29 bits per heavy atom. The number of carboxylic acid groups (broad SMARTS) is 1. The van der Waals surface area contributed by atoms with Gasteiger partial charge in [0.2, 0.25) is 10.0 Å². The molecule has 1 aliphatic heterocycles. The molecule has 0 bridgehead atoms. The first-order valence-corrected chi connectivity index (χ1v) is 11.1. The van der Waals surface area contributed by atoms with E-state index in [1.54, 1.807) is 13.0 Å². The van der Waals surface area contributed by atoms with E-state index in [-0.39, 0.29) is 23.9 Å². The summed E-state index contributed by atoms with van der Waals surface area (Å²) in [5, 5.41) is 9.66. The second kappa shape index (κ2) is 8.91. The lowest BCUT2D eigenvalue weighted by molar-refractivity contribution is -0.161. The second-order valence-electron chi connectivity index (χ2n) is 7.72. The molecule has 1 fully saturated rings. The summed E-state index contributed by atoms with van der Waals surface area (Å²) >= 11 is 0. The van der Waals surface area contributed by atoms with Crippen LogP contribution in [0.25, 0.3) is 0 Å². The predicted octanol–water partition coefficient (Wildman–Crippen LogP) is 2.60. The number of nitrogens with zero attached hydrogens (tertiary/aromatic N) is 1. The van der Waals surface area contributed by atoms with Crippen molar-refractivity contribution in [2.45, 2.75) is 49.8 Å². The van der Waals surface area contributed by atoms with Gasteiger partial charge in [-0.15, -0.1) is 0 Å². The van der Waals surface area contributed by atoms with Crippen LogP contribution < -0.4 is 10.6 Å². The molecule has 168 valence electrons. The van der Waals surface area contributed by atoms with Crippen LogP contribution in [0.15, 0.2) is 47.4 Å². The standard InChI is InChI=1S/C21H25FN2O6S/c1-14-12-16(22)5-4-15(14)13-29-17-6-8-18(9-7-17)31(27,28)24-11-3-10-21(2,30-23)19(24)20(25)26/h4-9,12,19H,3,10-11,13,23H2,1-2H3,(H,25,26). The molecule has 8 nitrogen and oxygen atoms in total. The first kappa shape index (κ1) is 23.1. The van der Waals surface area contributed by atoms with E-state index in [1.165, 1.54) is 43.3 Å². The number of hydrogen-bond donors (Lipinski definition) is 2. The maximum absolute atomic E-state index is 13.2. The van der Waals surface area contributed by atoms with Gasteiger partial charge in [0.15, 0.2) is 6.04 Å². The molecule has 0 aromatic heterocycles. The fourth-order valence-electron chi connectivity index (χ4n) is 3.75. The second-order valence-corrected chi connectivity index (χ2v) is 9.61. The number of sulfonamides is 1. The number of aliphatic carboxylic acids is 1. The van der Waals surface area contributed by atoms with E-state index in [0.717, 1.165) is 15.4 Å². The minimum absolute atomic E-state index is 0.0420. The van der Waals surface area contributed by atoms with Gasteiger partial charge in [0.25, 0.3) is 0 Å². The summed E-state index contributed by atoms with van der Waals surface area (Å²) in [5.74, 6) is 4.07. The van der Waals surface area contributed by atoms with Crippen molar-refractivity contribution in [1.82, 2.24) is 4.31 Å². The molecule has 1 heterocycles. The predicted molar refractivity (Wildman–Crippen MR) is 110 cm³/mol. The van der Waals surface area contributed by atoms with Gasteiger partial charge in [-0.25, -0.2) is 18.7 Å². The number of hydrogen-bond acceptors (Lipinski definition) is 6. The van der Waals surface area contributed by atoms with Gasteiger partial charge in [-0.05, 0) is 74.2 Å². The summed E-state index contributed by atoms with van der Waals surface area (Å²) in [7, 11) is -4.11. The summed E-state index contributed by atoms with van der Waals surface area (Å²) in [6.45, 7) is 3.49. The zero-order chi connectivity index (χ0) is 22.8. The fraction of sp³-hybridized carbons (Fsp3) is 0.381. The molecule has 0 spiro atoms. The zero-order valence-electron chi connectivity index (χ0n) is 17.2. The third-order valence-electron chi connectivity index (χ3n) is 5.55. The summed E-state index contributed by atoms with van der Waals surface area (Å²) < 4.78 is 46.1. The average Bonchev–Trinajstić information content (AvgIpc) is 2.73. The molecule has 10 heteroatoms. The van der Waals surface area contributed by atoms with E-state index in [1.807, 2.05) is 0 Å². The summed E-state index contributed by atoms with van der Waals surface area (Å²) in [6, 6.07) is 8.62. The third-order valence-corrected chi connectivity index (χ3v) is 7.43. The summed E-state index contributed by atoms with van der Waals surface area (Å²) in [4.78, 5) is 16.7. The van der Waals surface area contributed by atoms with Crippen molar-refractivity contribution in [3.8, 4) is 5.75 Å². The van der Waals surface area contributed by atoms with E-state index in [0.29, 0.717) is 18.6 Å². The molecule has 0 saturated carbocycles. The molecular weight excluding hydrogens is 427 g/mol. The van der Waals surface area contributed by atoms with E-state index < -0.39 is 27.6 Å². The van der Waals surface area contributed by atoms with Crippen LogP contribution >= 0.6 is 0 Å². The Morgan fingerprint density at radius 3 is 2.55 bits per heavy atom. The van der Waals surface area contributed by atoms with Crippen LogP contribution in [-0.4, -0.2) is 42.0 Å². The molecule has 0 aliphatic carbocycles. The number of carboxylic acids is 1. The van der Waals surface area contributed by atoms with Gasteiger partial charge in [-0.3, -0.25) is 9.63 Å². The fourth-order valence-corrected chi connectivity index (χ4v) is 5.46. The molecule has 0 amide bonds. The Labute approximate surface area is 180 Å². The SMILES string of the molecule is Cc1cc(F)ccc1COc1ccc(S(=O)(=O)N2CCCC(C)(ON)C2C(=O)O)cc1. The molecule has 2 unspecified atom stereocenters. The first-order chi connectivity index (χ1) is 14.6.